The van der Waals surface area contributed by atoms with Crippen LogP contribution in [0.5, 0.6) is 0 Å². The lowest BCUT2D eigenvalue weighted by molar-refractivity contribution is -0.120. The highest BCUT2D eigenvalue weighted by Crippen LogP contribution is 2.06. The monoisotopic (exact) mass is 287 g/mol. The smallest absolute Gasteiger partial charge is 0.407 e. The van der Waals surface area contributed by atoms with E-state index in [-0.39, 0.29) is 18.5 Å². The van der Waals surface area contributed by atoms with E-state index in [0.29, 0.717) is 19.0 Å². The zero-order chi connectivity index (χ0) is 15.8. The summed E-state index contributed by atoms with van der Waals surface area (Å²) in [5.41, 5.74) is -0.502. The van der Waals surface area contributed by atoms with E-state index in [1.54, 1.807) is 0 Å². The molecule has 20 heavy (non-hydrogen) atoms. The first-order chi connectivity index (χ1) is 9.10. The van der Waals surface area contributed by atoms with E-state index in [1.807, 2.05) is 41.5 Å². The number of rotatable bonds is 7. The molecule has 0 fully saturated rings. The normalized spacial score (nSPS) is 12.9. The molecule has 6 heteroatoms. The maximum atomic E-state index is 11.5. The van der Waals surface area contributed by atoms with Crippen LogP contribution in [0.2, 0.25) is 0 Å². The second kappa shape index (κ2) is 8.79. The van der Waals surface area contributed by atoms with Gasteiger partial charge in [0.2, 0.25) is 5.91 Å². The molecular formula is C14H29N3O3. The molecule has 6 nitrogen and oxygen atoms in total. The first kappa shape index (κ1) is 18.7. The van der Waals surface area contributed by atoms with E-state index in [2.05, 4.69) is 16.0 Å². The third kappa shape index (κ3) is 11.8. The Morgan fingerprint density at radius 3 is 2.15 bits per heavy atom. The fourth-order valence-corrected chi connectivity index (χ4v) is 1.27. The molecule has 0 saturated heterocycles. The molecule has 0 rings (SSSR count). The van der Waals surface area contributed by atoms with Crippen LogP contribution in [-0.4, -0.2) is 43.3 Å². The van der Waals surface area contributed by atoms with E-state index >= 15 is 0 Å². The molecule has 118 valence electrons. The lowest BCUT2D eigenvalue weighted by atomic mass is 10.2. The van der Waals surface area contributed by atoms with Gasteiger partial charge in [-0.05, 0) is 33.6 Å². The van der Waals surface area contributed by atoms with Crippen molar-refractivity contribution >= 4 is 12.0 Å². The van der Waals surface area contributed by atoms with Crippen molar-refractivity contribution in [2.75, 3.05) is 19.6 Å². The minimum absolute atomic E-state index is 0.00711. The van der Waals surface area contributed by atoms with Crippen LogP contribution >= 0.6 is 0 Å². The van der Waals surface area contributed by atoms with Gasteiger partial charge in [0.15, 0.2) is 0 Å². The molecule has 1 atom stereocenters. The van der Waals surface area contributed by atoms with Crippen molar-refractivity contribution in [1.29, 1.82) is 0 Å². The Balaban J connectivity index is 3.76. The second-order valence-corrected chi connectivity index (χ2v) is 6.36. The Hall–Kier alpha value is -1.30. The highest BCUT2D eigenvalue weighted by atomic mass is 16.6. The first-order valence-corrected chi connectivity index (χ1v) is 7.07. The zero-order valence-electron chi connectivity index (χ0n) is 13.5. The van der Waals surface area contributed by atoms with Crippen molar-refractivity contribution in [3.05, 3.63) is 0 Å². The van der Waals surface area contributed by atoms with Gasteiger partial charge in [-0.3, -0.25) is 4.79 Å². The number of ether oxygens (including phenoxy) is 1. The number of hydrogen-bond acceptors (Lipinski definition) is 4. The van der Waals surface area contributed by atoms with Gasteiger partial charge >= 0.3 is 6.09 Å². The van der Waals surface area contributed by atoms with Gasteiger partial charge in [0.25, 0.3) is 0 Å². The molecule has 0 aliphatic rings. The summed E-state index contributed by atoms with van der Waals surface area (Å²) in [6.07, 6.45) is -0.449. The molecule has 0 saturated carbocycles. The topological polar surface area (TPSA) is 79.5 Å². The summed E-state index contributed by atoms with van der Waals surface area (Å²) in [6.45, 7) is 12.7. The van der Waals surface area contributed by atoms with E-state index in [4.69, 9.17) is 4.74 Å². The third-order valence-electron chi connectivity index (χ3n) is 2.27. The molecule has 0 aliphatic heterocycles. The van der Waals surface area contributed by atoms with Crippen molar-refractivity contribution in [1.82, 2.24) is 16.0 Å². The fourth-order valence-electron chi connectivity index (χ4n) is 1.27. The molecule has 1 unspecified atom stereocenters. The van der Waals surface area contributed by atoms with Gasteiger partial charge in [-0.2, -0.15) is 0 Å². The van der Waals surface area contributed by atoms with Crippen LogP contribution in [0.15, 0.2) is 0 Å². The summed E-state index contributed by atoms with van der Waals surface area (Å²) < 4.78 is 5.12. The van der Waals surface area contributed by atoms with Crippen LogP contribution in [0.1, 0.15) is 41.5 Å². The summed E-state index contributed by atoms with van der Waals surface area (Å²) in [5, 5.41) is 8.52. The van der Waals surface area contributed by atoms with Crippen molar-refractivity contribution in [2.45, 2.75) is 53.2 Å². The molecule has 0 aromatic carbocycles. The lowest BCUT2D eigenvalue weighted by Crippen LogP contribution is -2.45. The summed E-state index contributed by atoms with van der Waals surface area (Å²) in [6, 6.07) is -0.00711. The predicted molar refractivity (Wildman–Crippen MR) is 79.5 cm³/mol. The molecule has 0 aromatic heterocycles. The SMILES string of the molecule is CC(C)CNC(=O)CNC(C)CNC(=O)OC(C)(C)C. The van der Waals surface area contributed by atoms with E-state index in [9.17, 15) is 9.59 Å². The van der Waals surface area contributed by atoms with Gasteiger partial charge in [-0.25, -0.2) is 4.79 Å². The van der Waals surface area contributed by atoms with Crippen LogP contribution in [0.25, 0.3) is 0 Å². The molecule has 0 bridgehead atoms. The Kier molecular flexibility index (Phi) is 8.22. The van der Waals surface area contributed by atoms with E-state index < -0.39 is 11.7 Å². The fraction of sp³-hybridized carbons (Fsp3) is 0.857. The van der Waals surface area contributed by atoms with Gasteiger partial charge in [0.1, 0.15) is 5.60 Å². The average molecular weight is 287 g/mol. The van der Waals surface area contributed by atoms with Crippen LogP contribution < -0.4 is 16.0 Å². The molecular weight excluding hydrogens is 258 g/mol. The minimum atomic E-state index is -0.502. The molecule has 0 aliphatic carbocycles. The number of alkyl carbamates (subject to hydrolysis) is 1. The Morgan fingerprint density at radius 2 is 1.65 bits per heavy atom. The lowest BCUT2D eigenvalue weighted by Gasteiger charge is -2.21. The first-order valence-electron chi connectivity index (χ1n) is 7.07. The molecule has 0 radical (unpaired) electrons. The molecule has 2 amide bonds. The van der Waals surface area contributed by atoms with Crippen LogP contribution in [0.3, 0.4) is 0 Å². The van der Waals surface area contributed by atoms with Gasteiger partial charge < -0.3 is 20.7 Å². The van der Waals surface area contributed by atoms with Crippen molar-refractivity contribution in [2.24, 2.45) is 5.92 Å². The number of hydrogen-bond donors (Lipinski definition) is 3. The van der Waals surface area contributed by atoms with Crippen molar-refractivity contribution < 1.29 is 14.3 Å². The number of carbonyl (C=O) groups is 2. The number of nitrogens with one attached hydrogen (secondary N) is 3. The summed E-state index contributed by atoms with van der Waals surface area (Å²) >= 11 is 0. The molecule has 3 N–H and O–H groups in total. The Bertz CT molecular complexity index is 311. The van der Waals surface area contributed by atoms with Gasteiger partial charge in [-0.1, -0.05) is 13.8 Å². The van der Waals surface area contributed by atoms with E-state index in [1.165, 1.54) is 0 Å². The summed E-state index contributed by atoms with van der Waals surface area (Å²) in [5.74, 6) is 0.396. The van der Waals surface area contributed by atoms with E-state index in [0.717, 1.165) is 0 Å². The highest BCUT2D eigenvalue weighted by Gasteiger charge is 2.16. The van der Waals surface area contributed by atoms with Crippen LogP contribution in [0, 0.1) is 5.92 Å². The van der Waals surface area contributed by atoms with Gasteiger partial charge in [0.05, 0.1) is 6.54 Å². The Morgan fingerprint density at radius 1 is 1.05 bits per heavy atom. The average Bonchev–Trinajstić information content (AvgIpc) is 2.29. The second-order valence-electron chi connectivity index (χ2n) is 6.36. The standard InChI is InChI=1S/C14H29N3O3/c1-10(2)7-16-12(18)9-15-11(3)8-17-13(19)20-14(4,5)6/h10-11,15H,7-9H2,1-6H3,(H,16,18)(H,17,19). The number of carbonyl (C=O) groups excluding carboxylic acids is 2. The zero-order valence-corrected chi connectivity index (χ0v) is 13.5. The maximum absolute atomic E-state index is 11.5. The quantitative estimate of drug-likeness (QED) is 0.658. The third-order valence-corrected chi connectivity index (χ3v) is 2.27. The van der Waals surface area contributed by atoms with Crippen molar-refractivity contribution in [3.63, 3.8) is 0 Å². The minimum Gasteiger partial charge on any atom is -0.444 e. The molecule has 0 spiro atoms. The van der Waals surface area contributed by atoms with Crippen LogP contribution in [0.4, 0.5) is 4.79 Å². The van der Waals surface area contributed by atoms with Gasteiger partial charge in [0, 0.05) is 19.1 Å². The molecule has 0 heterocycles. The summed E-state index contributed by atoms with van der Waals surface area (Å²) in [7, 11) is 0. The van der Waals surface area contributed by atoms with Gasteiger partial charge in [-0.15, -0.1) is 0 Å². The summed E-state index contributed by atoms with van der Waals surface area (Å²) in [4.78, 5) is 22.9. The largest absolute Gasteiger partial charge is 0.444 e. The number of amides is 2. The predicted octanol–water partition coefficient (Wildman–Crippen LogP) is 1.26. The Labute approximate surface area is 122 Å². The van der Waals surface area contributed by atoms with Crippen LogP contribution in [-0.2, 0) is 9.53 Å². The highest BCUT2D eigenvalue weighted by molar-refractivity contribution is 5.78. The van der Waals surface area contributed by atoms with Crippen molar-refractivity contribution in [3.8, 4) is 0 Å². The maximum Gasteiger partial charge on any atom is 0.407 e. The molecule has 0 aromatic rings.